The molecule has 1 saturated carbocycles. The summed E-state index contributed by atoms with van der Waals surface area (Å²) in [7, 11) is 0. The summed E-state index contributed by atoms with van der Waals surface area (Å²) < 4.78 is 0. The molecule has 3 unspecified atom stereocenters. The molecule has 1 aliphatic carbocycles. The molecule has 0 aliphatic heterocycles. The maximum absolute atomic E-state index is 10.1. The van der Waals surface area contributed by atoms with E-state index < -0.39 is 6.10 Å². The number of aliphatic hydroxyl groups is 2. The molecule has 1 fully saturated rings. The van der Waals surface area contributed by atoms with Crippen LogP contribution in [0.2, 0.25) is 5.02 Å². The minimum Gasteiger partial charge on any atom is -0.393 e. The lowest BCUT2D eigenvalue weighted by atomic mass is 9.86. The van der Waals surface area contributed by atoms with E-state index in [9.17, 15) is 10.2 Å². The molecule has 0 spiro atoms. The van der Waals surface area contributed by atoms with Gasteiger partial charge in [0.05, 0.1) is 12.2 Å². The highest BCUT2D eigenvalue weighted by Crippen LogP contribution is 2.24. The molecule has 0 aromatic heterocycles. The van der Waals surface area contributed by atoms with Crippen LogP contribution in [0.3, 0.4) is 0 Å². The van der Waals surface area contributed by atoms with Crippen LogP contribution in [0.15, 0.2) is 24.3 Å². The first-order valence-electron chi connectivity index (χ1n) is 6.99. The first kappa shape index (κ1) is 14.8. The fourth-order valence-electron chi connectivity index (χ4n) is 2.69. The van der Waals surface area contributed by atoms with E-state index in [0.29, 0.717) is 17.5 Å². The van der Waals surface area contributed by atoms with Crippen LogP contribution in [0.4, 0.5) is 0 Å². The van der Waals surface area contributed by atoms with Gasteiger partial charge in [-0.1, -0.05) is 42.6 Å². The largest absolute Gasteiger partial charge is 0.393 e. The van der Waals surface area contributed by atoms with Crippen LogP contribution >= 0.6 is 11.6 Å². The predicted molar refractivity (Wildman–Crippen MR) is 77.2 cm³/mol. The Morgan fingerprint density at radius 1 is 1.26 bits per heavy atom. The molecular formula is C15H22ClNO2. The predicted octanol–water partition coefficient (Wildman–Crippen LogP) is 2.51. The van der Waals surface area contributed by atoms with Gasteiger partial charge in [-0.2, -0.15) is 0 Å². The molecule has 0 bridgehead atoms. The van der Waals surface area contributed by atoms with Crippen molar-refractivity contribution in [3.8, 4) is 0 Å². The van der Waals surface area contributed by atoms with E-state index in [1.807, 2.05) is 18.2 Å². The average Bonchev–Trinajstić information content (AvgIpc) is 2.41. The molecule has 4 heteroatoms. The van der Waals surface area contributed by atoms with Gasteiger partial charge < -0.3 is 15.5 Å². The number of nitrogens with one attached hydrogen (secondary N) is 1. The van der Waals surface area contributed by atoms with Crippen molar-refractivity contribution in [3.05, 3.63) is 34.9 Å². The molecule has 1 aromatic rings. The fourth-order valence-corrected chi connectivity index (χ4v) is 2.95. The number of hydrogen-bond donors (Lipinski definition) is 3. The van der Waals surface area contributed by atoms with Gasteiger partial charge in [-0.25, -0.2) is 0 Å². The van der Waals surface area contributed by atoms with E-state index in [-0.39, 0.29) is 6.10 Å². The van der Waals surface area contributed by atoms with E-state index in [2.05, 4.69) is 5.32 Å². The van der Waals surface area contributed by atoms with E-state index in [4.69, 9.17) is 11.6 Å². The lowest BCUT2D eigenvalue weighted by molar-refractivity contribution is 0.0669. The maximum Gasteiger partial charge on any atom is 0.0928 e. The van der Waals surface area contributed by atoms with Crippen LogP contribution in [0.25, 0.3) is 0 Å². The van der Waals surface area contributed by atoms with Gasteiger partial charge in [-0.05, 0) is 24.8 Å². The Hall–Kier alpha value is -0.610. The van der Waals surface area contributed by atoms with Crippen molar-refractivity contribution in [2.75, 3.05) is 13.1 Å². The number of aliphatic hydroxyl groups excluding tert-OH is 2. The van der Waals surface area contributed by atoms with Crippen LogP contribution in [0, 0.1) is 5.92 Å². The van der Waals surface area contributed by atoms with Crippen molar-refractivity contribution in [3.63, 3.8) is 0 Å². The lowest BCUT2D eigenvalue weighted by Crippen LogP contribution is -2.35. The third-order valence-electron chi connectivity index (χ3n) is 3.88. The molecule has 19 heavy (non-hydrogen) atoms. The third-order valence-corrected chi connectivity index (χ3v) is 4.22. The van der Waals surface area contributed by atoms with Crippen molar-refractivity contribution in [2.45, 2.75) is 37.9 Å². The molecule has 0 amide bonds. The van der Waals surface area contributed by atoms with Crippen molar-refractivity contribution in [2.24, 2.45) is 5.92 Å². The second kappa shape index (κ2) is 7.25. The van der Waals surface area contributed by atoms with Gasteiger partial charge >= 0.3 is 0 Å². The van der Waals surface area contributed by atoms with E-state index in [1.54, 1.807) is 6.07 Å². The third kappa shape index (κ3) is 4.18. The molecule has 0 saturated heterocycles. The van der Waals surface area contributed by atoms with Crippen LogP contribution in [0.5, 0.6) is 0 Å². The van der Waals surface area contributed by atoms with E-state index in [0.717, 1.165) is 31.4 Å². The van der Waals surface area contributed by atoms with Crippen LogP contribution in [-0.2, 0) is 0 Å². The Morgan fingerprint density at radius 2 is 2.00 bits per heavy atom. The van der Waals surface area contributed by atoms with Gasteiger partial charge in [0.15, 0.2) is 0 Å². The Balaban J connectivity index is 1.77. The average molecular weight is 284 g/mol. The van der Waals surface area contributed by atoms with Crippen LogP contribution < -0.4 is 5.32 Å². The van der Waals surface area contributed by atoms with Crippen molar-refractivity contribution in [1.82, 2.24) is 5.32 Å². The standard InChI is InChI=1S/C15H22ClNO2/c16-13-7-3-2-6-12(13)15(19)10-17-9-11-5-1-4-8-14(11)18/h2-3,6-7,11,14-15,17-19H,1,4-5,8-10H2. The molecule has 2 rings (SSSR count). The first-order valence-corrected chi connectivity index (χ1v) is 7.37. The van der Waals surface area contributed by atoms with Crippen LogP contribution in [-0.4, -0.2) is 29.4 Å². The Kier molecular flexibility index (Phi) is 5.64. The lowest BCUT2D eigenvalue weighted by Gasteiger charge is -2.28. The van der Waals surface area contributed by atoms with Gasteiger partial charge in [-0.15, -0.1) is 0 Å². The summed E-state index contributed by atoms with van der Waals surface area (Å²) in [5.74, 6) is 0.312. The van der Waals surface area contributed by atoms with Gasteiger partial charge in [0.2, 0.25) is 0 Å². The summed E-state index contributed by atoms with van der Waals surface area (Å²) in [6.45, 7) is 1.22. The molecule has 3 nitrogen and oxygen atoms in total. The first-order chi connectivity index (χ1) is 9.18. The maximum atomic E-state index is 10.1. The van der Waals surface area contributed by atoms with Gasteiger partial charge in [-0.3, -0.25) is 0 Å². The van der Waals surface area contributed by atoms with Gasteiger partial charge in [0.25, 0.3) is 0 Å². The number of benzene rings is 1. The summed E-state index contributed by atoms with van der Waals surface area (Å²) in [6, 6.07) is 7.34. The quantitative estimate of drug-likeness (QED) is 0.778. The summed E-state index contributed by atoms with van der Waals surface area (Å²) >= 11 is 6.04. The minimum atomic E-state index is -0.602. The topological polar surface area (TPSA) is 52.5 Å². The summed E-state index contributed by atoms with van der Waals surface area (Å²) in [5, 5.41) is 23.8. The Labute approximate surface area is 119 Å². The zero-order chi connectivity index (χ0) is 13.7. The number of halogens is 1. The highest BCUT2D eigenvalue weighted by Gasteiger charge is 2.22. The summed E-state index contributed by atoms with van der Waals surface area (Å²) in [5.41, 5.74) is 0.751. The smallest absolute Gasteiger partial charge is 0.0928 e. The summed E-state index contributed by atoms with van der Waals surface area (Å²) in [6.07, 6.45) is 3.49. The Morgan fingerprint density at radius 3 is 2.74 bits per heavy atom. The highest BCUT2D eigenvalue weighted by molar-refractivity contribution is 6.31. The van der Waals surface area contributed by atoms with Crippen molar-refractivity contribution in [1.29, 1.82) is 0 Å². The zero-order valence-electron chi connectivity index (χ0n) is 11.1. The molecule has 1 aromatic carbocycles. The van der Waals surface area contributed by atoms with Crippen molar-refractivity contribution < 1.29 is 10.2 Å². The molecule has 0 heterocycles. The van der Waals surface area contributed by atoms with Gasteiger partial charge in [0, 0.05) is 23.7 Å². The highest BCUT2D eigenvalue weighted by atomic mass is 35.5. The van der Waals surface area contributed by atoms with Crippen molar-refractivity contribution >= 4 is 11.6 Å². The number of hydrogen-bond acceptors (Lipinski definition) is 3. The normalized spacial score (nSPS) is 25.2. The molecule has 3 atom stereocenters. The minimum absolute atomic E-state index is 0.196. The second-order valence-corrected chi connectivity index (χ2v) is 5.71. The second-order valence-electron chi connectivity index (χ2n) is 5.31. The SMILES string of the molecule is OC(CNCC1CCCCC1O)c1ccccc1Cl. The van der Waals surface area contributed by atoms with E-state index >= 15 is 0 Å². The molecule has 3 N–H and O–H groups in total. The molecular weight excluding hydrogens is 262 g/mol. The monoisotopic (exact) mass is 283 g/mol. The van der Waals surface area contributed by atoms with E-state index in [1.165, 1.54) is 6.42 Å². The Bertz CT molecular complexity index is 399. The molecule has 106 valence electrons. The fraction of sp³-hybridized carbons (Fsp3) is 0.600. The number of rotatable bonds is 5. The molecule has 0 radical (unpaired) electrons. The van der Waals surface area contributed by atoms with Crippen LogP contribution in [0.1, 0.15) is 37.4 Å². The van der Waals surface area contributed by atoms with Gasteiger partial charge in [0.1, 0.15) is 0 Å². The zero-order valence-corrected chi connectivity index (χ0v) is 11.8. The summed E-state index contributed by atoms with van der Waals surface area (Å²) in [4.78, 5) is 0. The molecule has 1 aliphatic rings.